The average molecular weight is 258 g/mol. The minimum atomic E-state index is -0.285. The summed E-state index contributed by atoms with van der Waals surface area (Å²) >= 11 is 0. The Morgan fingerprint density at radius 1 is 1.28 bits per heavy atom. The van der Waals surface area contributed by atoms with Crippen LogP contribution < -0.4 is 5.32 Å². The summed E-state index contributed by atoms with van der Waals surface area (Å²) in [5.41, 5.74) is 0. The van der Waals surface area contributed by atoms with E-state index in [4.69, 9.17) is 9.47 Å². The average Bonchev–Trinajstić information content (AvgIpc) is 2.89. The van der Waals surface area contributed by atoms with Crippen molar-refractivity contribution in [2.45, 2.75) is 31.5 Å². The highest BCUT2D eigenvalue weighted by atomic mass is 16.5. The zero-order chi connectivity index (χ0) is 12.6. The fraction of sp³-hybridized carbons (Fsp3) is 1.00. The van der Waals surface area contributed by atoms with Crippen LogP contribution in [0.2, 0.25) is 0 Å². The number of nitrogens with zero attached hydrogens (tertiary/aromatic N) is 1. The zero-order valence-corrected chi connectivity index (χ0v) is 11.1. The number of β-amino-alcohol motifs (C(OH)–C–C–N with tert-alkyl or cyclic N) is 1. The molecule has 0 aromatic rings. The van der Waals surface area contributed by atoms with Crippen LogP contribution in [0.25, 0.3) is 0 Å². The Morgan fingerprint density at radius 3 is 2.83 bits per heavy atom. The molecule has 0 spiro atoms. The summed E-state index contributed by atoms with van der Waals surface area (Å²) < 4.78 is 10.8. The van der Waals surface area contributed by atoms with Crippen LogP contribution in [0.1, 0.15) is 19.3 Å². The van der Waals surface area contributed by atoms with Crippen molar-refractivity contribution in [2.24, 2.45) is 0 Å². The van der Waals surface area contributed by atoms with Gasteiger partial charge in [0.25, 0.3) is 0 Å². The summed E-state index contributed by atoms with van der Waals surface area (Å²) in [4.78, 5) is 2.26. The maximum absolute atomic E-state index is 9.92. The van der Waals surface area contributed by atoms with Crippen LogP contribution >= 0.6 is 0 Å². The Morgan fingerprint density at radius 2 is 2.11 bits per heavy atom. The van der Waals surface area contributed by atoms with E-state index in [1.807, 2.05) is 0 Å². The Kier molecular flexibility index (Phi) is 6.37. The molecule has 2 heterocycles. The molecule has 2 aliphatic rings. The van der Waals surface area contributed by atoms with Gasteiger partial charge in [-0.1, -0.05) is 0 Å². The molecule has 2 aliphatic heterocycles. The van der Waals surface area contributed by atoms with Crippen LogP contribution in [0.15, 0.2) is 0 Å². The SMILES string of the molecule is OC(CNCCC1CCCO1)CN1CCOCC1. The quantitative estimate of drug-likeness (QED) is 0.621. The maximum Gasteiger partial charge on any atom is 0.0791 e. The maximum atomic E-state index is 9.92. The number of aliphatic hydroxyl groups excluding tert-OH is 1. The van der Waals surface area contributed by atoms with Gasteiger partial charge >= 0.3 is 0 Å². The van der Waals surface area contributed by atoms with E-state index < -0.39 is 0 Å². The fourth-order valence-corrected chi connectivity index (χ4v) is 2.55. The van der Waals surface area contributed by atoms with Gasteiger partial charge in [0.15, 0.2) is 0 Å². The lowest BCUT2D eigenvalue weighted by molar-refractivity contribution is 0.0147. The first-order valence-electron chi connectivity index (χ1n) is 7.15. The Labute approximate surface area is 109 Å². The highest BCUT2D eigenvalue weighted by Gasteiger charge is 2.16. The Bertz CT molecular complexity index is 216. The summed E-state index contributed by atoms with van der Waals surface area (Å²) in [6.07, 6.45) is 3.61. The Hall–Kier alpha value is -0.200. The topological polar surface area (TPSA) is 54.0 Å². The number of ether oxygens (including phenoxy) is 2. The lowest BCUT2D eigenvalue weighted by Crippen LogP contribution is -2.44. The van der Waals surface area contributed by atoms with Gasteiger partial charge in [0, 0.05) is 32.8 Å². The summed E-state index contributed by atoms with van der Waals surface area (Å²) in [6.45, 7) is 6.73. The first-order valence-corrected chi connectivity index (χ1v) is 7.15. The largest absolute Gasteiger partial charge is 0.390 e. The summed E-state index contributed by atoms with van der Waals surface area (Å²) in [6, 6.07) is 0. The third kappa shape index (κ3) is 5.20. The van der Waals surface area contributed by atoms with E-state index >= 15 is 0 Å². The lowest BCUT2D eigenvalue weighted by Gasteiger charge is -2.28. The van der Waals surface area contributed by atoms with Crippen molar-refractivity contribution in [3.8, 4) is 0 Å². The smallest absolute Gasteiger partial charge is 0.0791 e. The van der Waals surface area contributed by atoms with Crippen molar-refractivity contribution in [3.05, 3.63) is 0 Å². The van der Waals surface area contributed by atoms with Crippen molar-refractivity contribution < 1.29 is 14.6 Å². The number of hydrogen-bond donors (Lipinski definition) is 2. The molecular weight excluding hydrogens is 232 g/mol. The predicted molar refractivity (Wildman–Crippen MR) is 69.7 cm³/mol. The normalized spacial score (nSPS) is 27.5. The van der Waals surface area contributed by atoms with E-state index in [0.29, 0.717) is 12.6 Å². The minimum absolute atomic E-state index is 0.285. The molecule has 0 radical (unpaired) electrons. The summed E-state index contributed by atoms with van der Waals surface area (Å²) in [7, 11) is 0. The van der Waals surface area contributed by atoms with Gasteiger partial charge in [-0.2, -0.15) is 0 Å². The van der Waals surface area contributed by atoms with Crippen LogP contribution in [-0.4, -0.2) is 74.8 Å². The molecule has 0 bridgehead atoms. The van der Waals surface area contributed by atoms with Crippen molar-refractivity contribution in [1.82, 2.24) is 10.2 Å². The third-order valence-corrected chi connectivity index (χ3v) is 3.62. The number of aliphatic hydroxyl groups is 1. The molecule has 0 amide bonds. The highest BCUT2D eigenvalue weighted by molar-refractivity contribution is 4.70. The molecule has 0 aliphatic carbocycles. The van der Waals surface area contributed by atoms with Gasteiger partial charge in [0.1, 0.15) is 0 Å². The van der Waals surface area contributed by atoms with Crippen LogP contribution in [0, 0.1) is 0 Å². The van der Waals surface area contributed by atoms with Gasteiger partial charge in [0.05, 0.1) is 25.4 Å². The third-order valence-electron chi connectivity index (χ3n) is 3.62. The van der Waals surface area contributed by atoms with Crippen LogP contribution in [0.5, 0.6) is 0 Å². The van der Waals surface area contributed by atoms with Crippen LogP contribution in [-0.2, 0) is 9.47 Å². The predicted octanol–water partition coefficient (Wildman–Crippen LogP) is -0.162. The molecule has 2 atom stereocenters. The first-order chi connectivity index (χ1) is 8.84. The van der Waals surface area contributed by atoms with E-state index in [1.165, 1.54) is 12.8 Å². The molecule has 0 aromatic carbocycles. The first kappa shape index (κ1) is 14.2. The summed E-state index contributed by atoms with van der Waals surface area (Å²) in [5.74, 6) is 0. The van der Waals surface area contributed by atoms with Gasteiger partial charge in [-0.3, -0.25) is 4.90 Å². The van der Waals surface area contributed by atoms with Gasteiger partial charge in [0.2, 0.25) is 0 Å². The van der Waals surface area contributed by atoms with E-state index in [-0.39, 0.29) is 6.10 Å². The van der Waals surface area contributed by atoms with Crippen molar-refractivity contribution in [3.63, 3.8) is 0 Å². The molecule has 106 valence electrons. The number of nitrogens with one attached hydrogen (secondary N) is 1. The van der Waals surface area contributed by atoms with Crippen molar-refractivity contribution in [2.75, 3.05) is 52.5 Å². The fourth-order valence-electron chi connectivity index (χ4n) is 2.55. The van der Waals surface area contributed by atoms with Crippen LogP contribution in [0.3, 0.4) is 0 Å². The van der Waals surface area contributed by atoms with Gasteiger partial charge < -0.3 is 19.9 Å². The second-order valence-corrected chi connectivity index (χ2v) is 5.19. The van der Waals surface area contributed by atoms with E-state index in [2.05, 4.69) is 10.2 Å². The van der Waals surface area contributed by atoms with Gasteiger partial charge in [-0.15, -0.1) is 0 Å². The lowest BCUT2D eigenvalue weighted by atomic mass is 10.2. The monoisotopic (exact) mass is 258 g/mol. The molecular formula is C13H26N2O3. The highest BCUT2D eigenvalue weighted by Crippen LogP contribution is 2.14. The molecule has 18 heavy (non-hydrogen) atoms. The van der Waals surface area contributed by atoms with E-state index in [1.54, 1.807) is 0 Å². The second kappa shape index (κ2) is 8.07. The summed E-state index contributed by atoms with van der Waals surface area (Å²) in [5, 5.41) is 13.2. The molecule has 2 fully saturated rings. The molecule has 2 rings (SSSR count). The number of rotatable bonds is 7. The number of morpholine rings is 1. The van der Waals surface area contributed by atoms with Crippen molar-refractivity contribution >= 4 is 0 Å². The molecule has 2 unspecified atom stereocenters. The Balaban J connectivity index is 1.47. The van der Waals surface area contributed by atoms with Gasteiger partial charge in [-0.25, -0.2) is 0 Å². The van der Waals surface area contributed by atoms with Crippen LogP contribution in [0.4, 0.5) is 0 Å². The van der Waals surface area contributed by atoms with E-state index in [9.17, 15) is 5.11 Å². The van der Waals surface area contributed by atoms with Crippen molar-refractivity contribution in [1.29, 1.82) is 0 Å². The minimum Gasteiger partial charge on any atom is -0.390 e. The zero-order valence-electron chi connectivity index (χ0n) is 11.1. The standard InChI is InChI=1S/C13H26N2O3/c16-12(11-15-5-8-17-9-6-15)10-14-4-3-13-2-1-7-18-13/h12-14,16H,1-11H2. The molecule has 0 saturated carbocycles. The second-order valence-electron chi connectivity index (χ2n) is 5.19. The molecule has 5 heteroatoms. The molecule has 0 aromatic heterocycles. The number of hydrogen-bond acceptors (Lipinski definition) is 5. The molecule has 2 saturated heterocycles. The molecule has 5 nitrogen and oxygen atoms in total. The van der Waals surface area contributed by atoms with E-state index in [0.717, 1.165) is 52.4 Å². The molecule has 2 N–H and O–H groups in total. The van der Waals surface area contributed by atoms with Gasteiger partial charge in [-0.05, 0) is 25.8 Å².